The number of nitrogens with two attached hydrogens (primary N) is 1. The van der Waals surface area contributed by atoms with Crippen molar-refractivity contribution in [3.05, 3.63) is 24.4 Å². The molecule has 1 aromatic rings. The molecule has 3 nitrogen and oxygen atoms in total. The second-order valence-corrected chi connectivity index (χ2v) is 1.84. The van der Waals surface area contributed by atoms with Crippen molar-refractivity contribution in [3.8, 4) is 5.75 Å². The molecule has 0 aliphatic rings. The van der Waals surface area contributed by atoms with Gasteiger partial charge in [0.05, 0.1) is 5.69 Å². The molecule has 0 bridgehead atoms. The van der Waals surface area contributed by atoms with Gasteiger partial charge in [0.1, 0.15) is 0 Å². The van der Waals surface area contributed by atoms with Crippen molar-refractivity contribution in [1.29, 1.82) is 0 Å². The van der Waals surface area contributed by atoms with E-state index < -0.39 is 0 Å². The van der Waals surface area contributed by atoms with Crippen LogP contribution in [0.25, 0.3) is 6.08 Å². The predicted molar refractivity (Wildman–Crippen MR) is 40.4 cm³/mol. The molecule has 0 saturated carbocycles. The van der Waals surface area contributed by atoms with Gasteiger partial charge in [0.25, 0.3) is 0 Å². The molecule has 0 atom stereocenters. The van der Waals surface area contributed by atoms with E-state index in [-0.39, 0.29) is 11.6 Å². The Labute approximate surface area is 58.8 Å². The third-order valence-corrected chi connectivity index (χ3v) is 1.13. The van der Waals surface area contributed by atoms with Crippen LogP contribution in [0.5, 0.6) is 5.75 Å². The Kier molecular flexibility index (Phi) is 1.58. The molecule has 3 heteroatoms. The summed E-state index contributed by atoms with van der Waals surface area (Å²) in [5.41, 5.74) is 5.95. The molecule has 0 spiro atoms. The van der Waals surface area contributed by atoms with Gasteiger partial charge in [0.15, 0.2) is 11.6 Å². The summed E-state index contributed by atoms with van der Waals surface area (Å²) in [6, 6.07) is 3.12. The van der Waals surface area contributed by atoms with Crippen molar-refractivity contribution in [2.45, 2.75) is 0 Å². The largest absolute Gasteiger partial charge is 0.504 e. The lowest BCUT2D eigenvalue weighted by Gasteiger charge is -1.96. The van der Waals surface area contributed by atoms with Gasteiger partial charge in [-0.25, -0.2) is 4.98 Å². The molecule has 0 aliphatic heterocycles. The molecule has 3 N–H and O–H groups in total. The highest BCUT2D eigenvalue weighted by molar-refractivity contribution is 5.51. The monoisotopic (exact) mass is 136 g/mol. The molecule has 1 aromatic heterocycles. The first-order valence-electron chi connectivity index (χ1n) is 2.82. The lowest BCUT2D eigenvalue weighted by molar-refractivity contribution is 0.476. The van der Waals surface area contributed by atoms with Crippen LogP contribution in [0.2, 0.25) is 0 Å². The lowest BCUT2D eigenvalue weighted by Crippen LogP contribution is -1.91. The smallest absolute Gasteiger partial charge is 0.166 e. The fraction of sp³-hybridized carbons (Fsp3) is 0. The molecule has 1 rings (SSSR count). The molecule has 1 heterocycles. The highest BCUT2D eigenvalue weighted by Crippen LogP contribution is 2.16. The average Bonchev–Trinajstić information content (AvgIpc) is 1.95. The Morgan fingerprint density at radius 3 is 2.80 bits per heavy atom. The summed E-state index contributed by atoms with van der Waals surface area (Å²) in [5, 5.41) is 8.92. The van der Waals surface area contributed by atoms with Crippen molar-refractivity contribution in [3.63, 3.8) is 0 Å². The molecule has 0 aromatic carbocycles. The van der Waals surface area contributed by atoms with Crippen molar-refractivity contribution in [1.82, 2.24) is 4.98 Å². The van der Waals surface area contributed by atoms with E-state index in [9.17, 15) is 0 Å². The Bertz CT molecular complexity index is 258. The minimum atomic E-state index is 0.00519. The van der Waals surface area contributed by atoms with Crippen LogP contribution in [-0.4, -0.2) is 10.1 Å². The minimum absolute atomic E-state index is 0.00519. The van der Waals surface area contributed by atoms with Crippen LogP contribution >= 0.6 is 0 Å². The van der Waals surface area contributed by atoms with Gasteiger partial charge in [-0.2, -0.15) is 0 Å². The Balaban J connectivity index is 3.16. The topological polar surface area (TPSA) is 59.1 Å². The van der Waals surface area contributed by atoms with Gasteiger partial charge in [-0.3, -0.25) is 0 Å². The summed E-state index contributed by atoms with van der Waals surface area (Å²) in [4.78, 5) is 3.80. The van der Waals surface area contributed by atoms with E-state index in [1.807, 2.05) is 0 Å². The number of pyridine rings is 1. The zero-order valence-electron chi connectivity index (χ0n) is 5.41. The Morgan fingerprint density at radius 2 is 2.30 bits per heavy atom. The molecule has 52 valence electrons. The molecule has 0 fully saturated rings. The fourth-order valence-electron chi connectivity index (χ4n) is 0.597. The van der Waals surface area contributed by atoms with Gasteiger partial charge in [-0.05, 0) is 18.2 Å². The molecule has 0 amide bonds. The molecular weight excluding hydrogens is 128 g/mol. The summed E-state index contributed by atoms with van der Waals surface area (Å²) in [6.45, 7) is 3.50. The van der Waals surface area contributed by atoms with Gasteiger partial charge in [-0.1, -0.05) is 6.58 Å². The number of nitrogens with zero attached hydrogens (tertiary/aromatic N) is 1. The van der Waals surface area contributed by atoms with E-state index in [0.717, 1.165) is 0 Å². The van der Waals surface area contributed by atoms with Crippen LogP contribution in [0.1, 0.15) is 5.69 Å². The van der Waals surface area contributed by atoms with Crippen LogP contribution in [0.3, 0.4) is 0 Å². The quantitative estimate of drug-likeness (QED) is 0.605. The van der Waals surface area contributed by atoms with Crippen molar-refractivity contribution < 1.29 is 5.11 Å². The maximum absolute atomic E-state index is 8.92. The SMILES string of the molecule is C=Cc1ccc(O)c(N)n1. The predicted octanol–water partition coefficient (Wildman–Crippen LogP) is 1.01. The first-order chi connectivity index (χ1) is 4.74. The van der Waals surface area contributed by atoms with Gasteiger partial charge in [0.2, 0.25) is 0 Å². The van der Waals surface area contributed by atoms with E-state index in [1.54, 1.807) is 12.1 Å². The maximum atomic E-state index is 8.92. The first kappa shape index (κ1) is 6.61. The lowest BCUT2D eigenvalue weighted by atomic mass is 10.3. The first-order valence-corrected chi connectivity index (χ1v) is 2.82. The number of hydrogen-bond acceptors (Lipinski definition) is 3. The Hall–Kier alpha value is -1.51. The van der Waals surface area contributed by atoms with E-state index in [1.165, 1.54) is 6.07 Å². The Morgan fingerprint density at radius 1 is 1.60 bits per heavy atom. The van der Waals surface area contributed by atoms with Crippen LogP contribution in [-0.2, 0) is 0 Å². The summed E-state index contributed by atoms with van der Waals surface area (Å²) < 4.78 is 0. The molecule has 10 heavy (non-hydrogen) atoms. The third-order valence-electron chi connectivity index (χ3n) is 1.13. The molecule has 0 unspecified atom stereocenters. The number of rotatable bonds is 1. The number of aromatic hydroxyl groups is 1. The number of aromatic nitrogens is 1. The zero-order valence-corrected chi connectivity index (χ0v) is 5.41. The molecule has 0 radical (unpaired) electrons. The summed E-state index contributed by atoms with van der Waals surface area (Å²) >= 11 is 0. The molecule has 0 aliphatic carbocycles. The van der Waals surface area contributed by atoms with E-state index in [2.05, 4.69) is 11.6 Å². The van der Waals surface area contributed by atoms with E-state index in [4.69, 9.17) is 10.8 Å². The van der Waals surface area contributed by atoms with E-state index >= 15 is 0 Å². The van der Waals surface area contributed by atoms with E-state index in [0.29, 0.717) is 5.69 Å². The number of hydrogen-bond donors (Lipinski definition) is 2. The molecule has 0 saturated heterocycles. The summed E-state index contributed by atoms with van der Waals surface area (Å²) in [7, 11) is 0. The highest BCUT2D eigenvalue weighted by Gasteiger charge is 1.95. The minimum Gasteiger partial charge on any atom is -0.504 e. The normalized spacial score (nSPS) is 9.20. The standard InChI is InChI=1S/C7H8N2O/c1-2-5-3-4-6(10)7(8)9-5/h2-4,10H,1H2,(H2,8,9). The van der Waals surface area contributed by atoms with Crippen molar-refractivity contribution >= 4 is 11.9 Å². The van der Waals surface area contributed by atoms with Crippen LogP contribution < -0.4 is 5.73 Å². The van der Waals surface area contributed by atoms with Crippen molar-refractivity contribution in [2.24, 2.45) is 0 Å². The van der Waals surface area contributed by atoms with Crippen molar-refractivity contribution in [2.75, 3.05) is 5.73 Å². The third kappa shape index (κ3) is 1.07. The fourth-order valence-corrected chi connectivity index (χ4v) is 0.597. The maximum Gasteiger partial charge on any atom is 0.166 e. The summed E-state index contributed by atoms with van der Waals surface area (Å²) in [6.07, 6.45) is 1.57. The highest BCUT2D eigenvalue weighted by atomic mass is 16.3. The number of nitrogen functional groups attached to an aromatic ring is 1. The van der Waals surface area contributed by atoms with Gasteiger partial charge in [-0.15, -0.1) is 0 Å². The summed E-state index contributed by atoms with van der Waals surface area (Å²) in [5.74, 6) is 0.142. The van der Waals surface area contributed by atoms with Gasteiger partial charge >= 0.3 is 0 Å². The number of anilines is 1. The van der Waals surface area contributed by atoms with Crippen LogP contribution in [0.4, 0.5) is 5.82 Å². The average molecular weight is 136 g/mol. The van der Waals surface area contributed by atoms with Crippen LogP contribution in [0.15, 0.2) is 18.7 Å². The second-order valence-electron chi connectivity index (χ2n) is 1.84. The zero-order chi connectivity index (χ0) is 7.56. The van der Waals surface area contributed by atoms with Gasteiger partial charge < -0.3 is 10.8 Å². The second kappa shape index (κ2) is 2.39. The molecular formula is C7H8N2O. The van der Waals surface area contributed by atoms with Gasteiger partial charge in [0, 0.05) is 0 Å². The van der Waals surface area contributed by atoms with Crippen LogP contribution in [0, 0.1) is 0 Å².